The van der Waals surface area contributed by atoms with Gasteiger partial charge in [-0.2, -0.15) is 0 Å². The molecule has 88 valence electrons. The largest absolute Gasteiger partial charge is 0.460 e. The Morgan fingerprint density at radius 3 is 2.82 bits per heavy atom. The highest BCUT2D eigenvalue weighted by atomic mass is 19.1. The molecule has 0 saturated heterocycles. The fraction of sp³-hybridized carbons (Fsp3) is 0.167. The van der Waals surface area contributed by atoms with Gasteiger partial charge in [0.2, 0.25) is 0 Å². The van der Waals surface area contributed by atoms with Crippen molar-refractivity contribution in [1.29, 1.82) is 0 Å². The Balaban J connectivity index is 2.36. The zero-order chi connectivity index (χ0) is 12.4. The van der Waals surface area contributed by atoms with E-state index in [0.29, 0.717) is 5.39 Å². The lowest BCUT2D eigenvalue weighted by Gasteiger charge is -1.96. The maximum atomic E-state index is 12.9. The molecule has 0 spiro atoms. The van der Waals surface area contributed by atoms with Gasteiger partial charge in [0.15, 0.2) is 5.76 Å². The molecule has 0 amide bonds. The number of hydrogen-bond acceptors (Lipinski definition) is 4. The van der Waals surface area contributed by atoms with Crippen molar-refractivity contribution in [2.45, 2.75) is 6.92 Å². The third-order valence-corrected chi connectivity index (χ3v) is 2.17. The van der Waals surface area contributed by atoms with E-state index in [1.54, 1.807) is 6.92 Å². The number of furan rings is 1. The summed E-state index contributed by atoms with van der Waals surface area (Å²) in [5.41, 5.74) is 0.220. The van der Waals surface area contributed by atoms with Crippen LogP contribution < -0.4 is 0 Å². The molecular weight excluding hydrogens is 227 g/mol. The van der Waals surface area contributed by atoms with Crippen LogP contribution in [0.4, 0.5) is 4.39 Å². The number of esters is 1. The average molecular weight is 236 g/mol. The van der Waals surface area contributed by atoms with Gasteiger partial charge in [0.05, 0.1) is 6.61 Å². The number of carbonyl (C=O) groups is 2. The first-order valence-electron chi connectivity index (χ1n) is 5.02. The van der Waals surface area contributed by atoms with Crippen molar-refractivity contribution in [3.63, 3.8) is 0 Å². The predicted octanol–water partition coefficient (Wildman–Crippen LogP) is 2.32. The molecule has 0 N–H and O–H groups in total. The van der Waals surface area contributed by atoms with Gasteiger partial charge in [-0.3, -0.25) is 4.79 Å². The molecule has 1 aromatic heterocycles. The predicted molar refractivity (Wildman–Crippen MR) is 57.1 cm³/mol. The number of ether oxygens (including phenoxy) is 1. The van der Waals surface area contributed by atoms with Crippen LogP contribution >= 0.6 is 0 Å². The molecular formula is C12H9FO4. The fourth-order valence-electron chi connectivity index (χ4n) is 1.41. The van der Waals surface area contributed by atoms with E-state index in [1.165, 1.54) is 18.2 Å². The zero-order valence-corrected chi connectivity index (χ0v) is 9.03. The van der Waals surface area contributed by atoms with Crippen LogP contribution in [0.5, 0.6) is 0 Å². The fourth-order valence-corrected chi connectivity index (χ4v) is 1.41. The molecule has 1 heterocycles. The normalized spacial score (nSPS) is 10.5. The summed E-state index contributed by atoms with van der Waals surface area (Å²) in [6.07, 6.45) is 0. The van der Waals surface area contributed by atoms with Crippen molar-refractivity contribution in [1.82, 2.24) is 0 Å². The Morgan fingerprint density at radius 2 is 2.12 bits per heavy atom. The molecule has 0 aliphatic heterocycles. The summed E-state index contributed by atoms with van der Waals surface area (Å²) in [5, 5.41) is 0.555. The lowest BCUT2D eigenvalue weighted by molar-refractivity contribution is -0.137. The van der Waals surface area contributed by atoms with Gasteiger partial charge in [-0.1, -0.05) is 0 Å². The van der Waals surface area contributed by atoms with Crippen LogP contribution in [-0.2, 0) is 9.53 Å². The quantitative estimate of drug-likeness (QED) is 0.466. The molecule has 1 aromatic carbocycles. The molecule has 0 aliphatic carbocycles. The van der Waals surface area contributed by atoms with Gasteiger partial charge in [-0.05, 0) is 25.1 Å². The average Bonchev–Trinajstić information content (AvgIpc) is 2.71. The molecule has 0 fully saturated rings. The number of Topliss-reactive ketones (excluding diaryl/α,β-unsaturated/α-hetero) is 1. The van der Waals surface area contributed by atoms with Crippen molar-refractivity contribution in [2.75, 3.05) is 6.61 Å². The Labute approximate surface area is 96.0 Å². The zero-order valence-electron chi connectivity index (χ0n) is 9.03. The van der Waals surface area contributed by atoms with Gasteiger partial charge in [0, 0.05) is 11.5 Å². The molecule has 17 heavy (non-hydrogen) atoms. The SMILES string of the molecule is CCOC(=O)C(=O)c1cc2ccc(F)cc2o1. The number of hydrogen-bond donors (Lipinski definition) is 0. The van der Waals surface area contributed by atoms with Gasteiger partial charge < -0.3 is 9.15 Å². The van der Waals surface area contributed by atoms with Gasteiger partial charge >= 0.3 is 11.8 Å². The second-order valence-corrected chi connectivity index (χ2v) is 3.34. The smallest absolute Gasteiger partial charge is 0.383 e. The summed E-state index contributed by atoms with van der Waals surface area (Å²) in [4.78, 5) is 22.7. The Bertz CT molecular complexity index is 585. The van der Waals surface area contributed by atoms with E-state index < -0.39 is 17.6 Å². The van der Waals surface area contributed by atoms with E-state index in [9.17, 15) is 14.0 Å². The molecule has 2 aromatic rings. The summed E-state index contributed by atoms with van der Waals surface area (Å²) in [6.45, 7) is 1.71. The molecule has 0 aliphatic rings. The number of halogens is 1. The van der Waals surface area contributed by atoms with E-state index in [-0.39, 0.29) is 18.0 Å². The first-order valence-corrected chi connectivity index (χ1v) is 5.02. The van der Waals surface area contributed by atoms with Crippen LogP contribution in [0.1, 0.15) is 17.5 Å². The second kappa shape index (κ2) is 4.37. The second-order valence-electron chi connectivity index (χ2n) is 3.34. The highest BCUT2D eigenvalue weighted by Gasteiger charge is 2.21. The molecule has 2 rings (SSSR count). The first kappa shape index (κ1) is 11.3. The molecule has 5 heteroatoms. The highest BCUT2D eigenvalue weighted by molar-refractivity contribution is 6.40. The van der Waals surface area contributed by atoms with Crippen molar-refractivity contribution in [2.24, 2.45) is 0 Å². The van der Waals surface area contributed by atoms with Crippen molar-refractivity contribution in [3.8, 4) is 0 Å². The summed E-state index contributed by atoms with van der Waals surface area (Å²) in [5.74, 6) is -2.47. The van der Waals surface area contributed by atoms with Crippen LogP contribution in [0.2, 0.25) is 0 Å². The minimum atomic E-state index is -0.980. The lowest BCUT2D eigenvalue weighted by atomic mass is 10.2. The molecule has 4 nitrogen and oxygen atoms in total. The monoisotopic (exact) mass is 236 g/mol. The summed E-state index contributed by atoms with van der Waals surface area (Å²) in [6, 6.07) is 5.25. The van der Waals surface area contributed by atoms with Crippen LogP contribution in [-0.4, -0.2) is 18.4 Å². The van der Waals surface area contributed by atoms with Gasteiger partial charge in [0.25, 0.3) is 0 Å². The Kier molecular flexibility index (Phi) is 2.91. The number of benzene rings is 1. The number of ketones is 1. The number of rotatable bonds is 3. The molecule has 0 radical (unpaired) electrons. The molecule has 0 saturated carbocycles. The minimum Gasteiger partial charge on any atom is -0.460 e. The van der Waals surface area contributed by atoms with Crippen molar-refractivity contribution in [3.05, 3.63) is 35.8 Å². The highest BCUT2D eigenvalue weighted by Crippen LogP contribution is 2.20. The standard InChI is InChI=1S/C12H9FO4/c1-2-16-12(15)11(14)10-5-7-3-4-8(13)6-9(7)17-10/h3-6H,2H2,1H3. The van der Waals surface area contributed by atoms with Crippen LogP contribution in [0.25, 0.3) is 11.0 Å². The van der Waals surface area contributed by atoms with Gasteiger partial charge in [-0.15, -0.1) is 0 Å². The maximum Gasteiger partial charge on any atom is 0.383 e. The van der Waals surface area contributed by atoms with E-state index in [4.69, 9.17) is 4.42 Å². The van der Waals surface area contributed by atoms with Crippen LogP contribution in [0.15, 0.2) is 28.7 Å². The third kappa shape index (κ3) is 2.18. The lowest BCUT2D eigenvalue weighted by Crippen LogP contribution is -2.16. The molecule has 0 unspecified atom stereocenters. The number of fused-ring (bicyclic) bond motifs is 1. The van der Waals surface area contributed by atoms with Gasteiger partial charge in [0.1, 0.15) is 11.4 Å². The Hall–Kier alpha value is -2.17. The minimum absolute atomic E-state index is 0.111. The third-order valence-electron chi connectivity index (χ3n) is 2.17. The van der Waals surface area contributed by atoms with E-state index in [2.05, 4.69) is 4.74 Å². The Morgan fingerprint density at radius 1 is 1.35 bits per heavy atom. The maximum absolute atomic E-state index is 12.9. The van der Waals surface area contributed by atoms with E-state index in [1.807, 2.05) is 0 Å². The summed E-state index contributed by atoms with van der Waals surface area (Å²) in [7, 11) is 0. The van der Waals surface area contributed by atoms with Crippen LogP contribution in [0.3, 0.4) is 0 Å². The van der Waals surface area contributed by atoms with Crippen LogP contribution in [0, 0.1) is 5.82 Å². The summed E-state index contributed by atoms with van der Waals surface area (Å²) < 4.78 is 22.5. The topological polar surface area (TPSA) is 56.5 Å². The molecule has 0 bridgehead atoms. The van der Waals surface area contributed by atoms with E-state index in [0.717, 1.165) is 6.07 Å². The van der Waals surface area contributed by atoms with Crippen molar-refractivity contribution >= 4 is 22.7 Å². The first-order chi connectivity index (χ1) is 8.11. The van der Waals surface area contributed by atoms with E-state index >= 15 is 0 Å². The van der Waals surface area contributed by atoms with Gasteiger partial charge in [-0.25, -0.2) is 9.18 Å². The number of carbonyl (C=O) groups excluding carboxylic acids is 2. The van der Waals surface area contributed by atoms with Crippen molar-refractivity contribution < 1.29 is 23.1 Å². The molecule has 0 atom stereocenters. The summed E-state index contributed by atoms with van der Waals surface area (Å²) >= 11 is 0.